The first-order chi connectivity index (χ1) is 5.63. The summed E-state index contributed by atoms with van der Waals surface area (Å²) in [6.45, 7) is 0. The molecule has 0 unspecified atom stereocenters. The molecule has 0 radical (unpaired) electrons. The molecular weight excluding hydrogens is 206 g/mol. The van der Waals surface area contributed by atoms with E-state index in [9.17, 15) is 16.8 Å². The largest absolute Gasteiger partial charge is 0.244 e. The molecule has 64 valence electrons. The Hall–Kier alpha value is -1.35. The Labute approximate surface area is 69.5 Å². The molecule has 0 spiro atoms. The highest BCUT2D eigenvalue weighted by Gasteiger charge is 2.13. The molecule has 0 saturated heterocycles. The van der Waals surface area contributed by atoms with Crippen LogP contribution in [0.1, 0.15) is 0 Å². The standard InChI is InChI=1S/C3HN3O4S2/c7-11(8)2-1-4-6-5-3(2)12(9)10/h1H. The Morgan fingerprint density at radius 3 is 2.17 bits per heavy atom. The quantitative estimate of drug-likeness (QED) is 0.450. The third kappa shape index (κ3) is 1.62. The van der Waals surface area contributed by atoms with Crippen LogP contribution in [0.15, 0.2) is 15.4 Å². The van der Waals surface area contributed by atoms with Gasteiger partial charge in [0, 0.05) is 0 Å². The third-order valence-electron chi connectivity index (χ3n) is 0.910. The molecule has 0 atom stereocenters. The summed E-state index contributed by atoms with van der Waals surface area (Å²) in [6, 6.07) is 0. The maximum Gasteiger partial charge on any atom is 0.244 e. The number of hydrogen-bond donors (Lipinski definition) is 0. The van der Waals surface area contributed by atoms with Gasteiger partial charge >= 0.3 is 0 Å². The zero-order valence-electron chi connectivity index (χ0n) is 5.37. The topological polar surface area (TPSA) is 105 Å². The van der Waals surface area contributed by atoms with E-state index >= 15 is 0 Å². The molecule has 0 fully saturated rings. The molecule has 0 bridgehead atoms. The van der Waals surface area contributed by atoms with Crippen LogP contribution in [0.3, 0.4) is 0 Å². The normalized spacial score (nSPS) is 15.0. The fourth-order valence-corrected chi connectivity index (χ4v) is 1.52. The van der Waals surface area contributed by atoms with Crippen molar-refractivity contribution in [1.82, 2.24) is 0 Å². The lowest BCUT2D eigenvalue weighted by atomic mass is 10.5. The minimum absolute atomic E-state index is 0.488. The van der Waals surface area contributed by atoms with Gasteiger partial charge in [-0.05, 0) is 5.22 Å². The lowest BCUT2D eigenvalue weighted by Gasteiger charge is -1.91. The minimum Gasteiger partial charge on any atom is -0.184 e. The number of rotatable bonds is 0. The van der Waals surface area contributed by atoms with Crippen LogP contribution in [0.25, 0.3) is 0 Å². The van der Waals surface area contributed by atoms with Crippen LogP contribution >= 0.6 is 0 Å². The Morgan fingerprint density at radius 1 is 1.08 bits per heavy atom. The van der Waals surface area contributed by atoms with Gasteiger partial charge < -0.3 is 0 Å². The molecule has 1 aliphatic heterocycles. The van der Waals surface area contributed by atoms with Gasteiger partial charge in [-0.15, -0.1) is 10.2 Å². The van der Waals surface area contributed by atoms with Gasteiger partial charge in [0.05, 0.1) is 6.21 Å². The summed E-state index contributed by atoms with van der Waals surface area (Å²) in [6.07, 6.45) is 0.807. The summed E-state index contributed by atoms with van der Waals surface area (Å²) < 4.78 is 41.3. The lowest BCUT2D eigenvalue weighted by molar-refractivity contribution is 0.624. The predicted octanol–water partition coefficient (Wildman–Crippen LogP) is -1.50. The van der Waals surface area contributed by atoms with E-state index < -0.39 is 30.4 Å². The predicted molar refractivity (Wildman–Crippen MR) is 41.2 cm³/mol. The van der Waals surface area contributed by atoms with Crippen LogP contribution in [0.4, 0.5) is 0 Å². The maximum absolute atomic E-state index is 10.3. The first-order valence-electron chi connectivity index (χ1n) is 2.50. The second-order valence-electron chi connectivity index (χ2n) is 1.57. The van der Waals surface area contributed by atoms with Crippen LogP contribution in [-0.4, -0.2) is 32.9 Å². The molecule has 9 heteroatoms. The van der Waals surface area contributed by atoms with Crippen molar-refractivity contribution in [3.8, 4) is 0 Å². The van der Waals surface area contributed by atoms with Crippen LogP contribution in [0, 0.1) is 0 Å². The van der Waals surface area contributed by atoms with Crippen molar-refractivity contribution in [3.63, 3.8) is 0 Å². The molecule has 12 heavy (non-hydrogen) atoms. The second-order valence-corrected chi connectivity index (χ2v) is 3.34. The SMILES string of the molecule is O=S(=O)=C1C=NN=NC1=S(=O)=O. The van der Waals surface area contributed by atoms with Gasteiger partial charge in [0.15, 0.2) is 4.86 Å². The molecule has 0 aromatic rings. The Bertz CT molecular complexity index is 454. The highest BCUT2D eigenvalue weighted by atomic mass is 32.2. The van der Waals surface area contributed by atoms with Crippen molar-refractivity contribution in [2.75, 3.05) is 0 Å². The van der Waals surface area contributed by atoms with Crippen molar-refractivity contribution in [2.45, 2.75) is 0 Å². The van der Waals surface area contributed by atoms with E-state index in [-0.39, 0.29) is 0 Å². The minimum atomic E-state index is -2.72. The molecule has 1 heterocycles. The smallest absolute Gasteiger partial charge is 0.184 e. The molecule has 0 aromatic carbocycles. The first kappa shape index (κ1) is 8.74. The Kier molecular flexibility index (Phi) is 2.45. The average Bonchev–Trinajstić information content (AvgIpc) is 2.04. The fourth-order valence-electron chi connectivity index (χ4n) is 0.479. The zero-order valence-corrected chi connectivity index (χ0v) is 7.00. The van der Waals surface area contributed by atoms with Gasteiger partial charge in [0.1, 0.15) is 0 Å². The summed E-state index contributed by atoms with van der Waals surface area (Å²) in [5, 5.41) is 9.14. The summed E-state index contributed by atoms with van der Waals surface area (Å²) >= 11 is 0. The fraction of sp³-hybridized carbons (Fsp3) is 0. The molecule has 0 amide bonds. The Morgan fingerprint density at radius 2 is 1.75 bits per heavy atom. The van der Waals surface area contributed by atoms with Crippen molar-refractivity contribution >= 4 is 36.7 Å². The van der Waals surface area contributed by atoms with Crippen molar-refractivity contribution < 1.29 is 16.8 Å². The van der Waals surface area contributed by atoms with Gasteiger partial charge in [-0.1, -0.05) is 0 Å². The molecule has 1 rings (SSSR count). The van der Waals surface area contributed by atoms with Gasteiger partial charge in [-0.25, -0.2) is 0 Å². The highest BCUT2D eigenvalue weighted by molar-refractivity contribution is 7.83. The van der Waals surface area contributed by atoms with Crippen LogP contribution in [-0.2, 0) is 20.6 Å². The monoisotopic (exact) mass is 207 g/mol. The van der Waals surface area contributed by atoms with Crippen LogP contribution < -0.4 is 0 Å². The maximum atomic E-state index is 10.3. The lowest BCUT2D eigenvalue weighted by Crippen LogP contribution is -2.17. The van der Waals surface area contributed by atoms with Crippen LogP contribution in [0.2, 0.25) is 0 Å². The van der Waals surface area contributed by atoms with Gasteiger partial charge in [-0.3, -0.25) is 0 Å². The first-order valence-corrected chi connectivity index (χ1v) is 4.65. The number of nitrogens with zero attached hydrogens (tertiary/aromatic N) is 3. The van der Waals surface area contributed by atoms with Gasteiger partial charge in [-0.2, -0.15) is 16.8 Å². The van der Waals surface area contributed by atoms with E-state index in [1.807, 2.05) is 0 Å². The van der Waals surface area contributed by atoms with E-state index in [2.05, 4.69) is 15.4 Å². The van der Waals surface area contributed by atoms with E-state index in [1.54, 1.807) is 0 Å². The van der Waals surface area contributed by atoms with Crippen molar-refractivity contribution in [2.24, 2.45) is 15.4 Å². The molecule has 0 saturated carbocycles. The highest BCUT2D eigenvalue weighted by Crippen LogP contribution is 1.90. The molecule has 7 nitrogen and oxygen atoms in total. The zero-order chi connectivity index (χ0) is 9.14. The summed E-state index contributed by atoms with van der Waals surface area (Å²) in [7, 11) is -5.39. The molecule has 0 aliphatic carbocycles. The second kappa shape index (κ2) is 3.36. The van der Waals surface area contributed by atoms with Crippen molar-refractivity contribution in [3.05, 3.63) is 0 Å². The van der Waals surface area contributed by atoms with E-state index in [0.717, 1.165) is 6.21 Å². The van der Waals surface area contributed by atoms with E-state index in [4.69, 9.17) is 0 Å². The van der Waals surface area contributed by atoms with Gasteiger partial charge in [0.25, 0.3) is 0 Å². The molecule has 0 aromatic heterocycles. The summed E-state index contributed by atoms with van der Waals surface area (Å²) in [5.41, 5.74) is 0. The van der Waals surface area contributed by atoms with Crippen LogP contribution in [0.5, 0.6) is 0 Å². The summed E-state index contributed by atoms with van der Waals surface area (Å²) in [5.74, 6) is 0. The molecular formula is C3HN3O4S2. The van der Waals surface area contributed by atoms with Gasteiger partial charge in [0.2, 0.25) is 25.6 Å². The number of hydrogen-bond acceptors (Lipinski definition) is 6. The van der Waals surface area contributed by atoms with E-state index in [0.29, 0.717) is 0 Å². The van der Waals surface area contributed by atoms with Crippen molar-refractivity contribution in [1.29, 1.82) is 0 Å². The third-order valence-corrected chi connectivity index (χ3v) is 2.31. The molecule has 0 N–H and O–H groups in total. The molecule has 1 aliphatic rings. The Balaban J connectivity index is 3.63. The average molecular weight is 207 g/mol. The van der Waals surface area contributed by atoms with E-state index in [1.165, 1.54) is 0 Å². The summed E-state index contributed by atoms with van der Waals surface area (Å²) in [4.78, 5) is -1.11.